The first-order chi connectivity index (χ1) is 15.5. The third-order valence-corrected chi connectivity index (χ3v) is 5.38. The molecule has 1 unspecified atom stereocenters. The van der Waals surface area contributed by atoms with Gasteiger partial charge in [-0.25, -0.2) is 0 Å². The van der Waals surface area contributed by atoms with Crippen LogP contribution in [0.2, 0.25) is 5.02 Å². The lowest BCUT2D eigenvalue weighted by atomic mass is 10.1. The predicted octanol–water partition coefficient (Wildman–Crippen LogP) is 4.31. The maximum absolute atomic E-state index is 12.9. The summed E-state index contributed by atoms with van der Waals surface area (Å²) in [6.45, 7) is 0.572. The molecular weight excluding hydrogens is 430 g/mol. The number of hydrogen-bond acceptors (Lipinski definition) is 5. The van der Waals surface area contributed by atoms with E-state index in [9.17, 15) is 9.59 Å². The Bertz CT molecular complexity index is 1120. The van der Waals surface area contributed by atoms with Gasteiger partial charge in [-0.15, -0.1) is 0 Å². The number of amides is 2. The molecule has 1 atom stereocenters. The molecule has 0 saturated carbocycles. The van der Waals surface area contributed by atoms with Crippen LogP contribution in [0.3, 0.4) is 0 Å². The Kier molecular flexibility index (Phi) is 6.56. The molecule has 1 fully saturated rings. The SMILES string of the molecule is COc1ccc(Cl)cc1N1CC(C(=O)Nc2cccc(OCc3ccccn3)c2)CC1=O. The van der Waals surface area contributed by atoms with Gasteiger partial charge in [-0.1, -0.05) is 23.7 Å². The molecule has 0 aliphatic carbocycles. The zero-order valence-corrected chi connectivity index (χ0v) is 18.2. The number of hydrogen-bond donors (Lipinski definition) is 1. The molecule has 0 radical (unpaired) electrons. The number of halogens is 1. The minimum atomic E-state index is -0.496. The van der Waals surface area contributed by atoms with Crippen LogP contribution >= 0.6 is 11.6 Å². The molecular formula is C24H22ClN3O4. The molecule has 2 heterocycles. The van der Waals surface area contributed by atoms with Gasteiger partial charge in [0.15, 0.2) is 0 Å². The first-order valence-electron chi connectivity index (χ1n) is 10.1. The van der Waals surface area contributed by atoms with Crippen LogP contribution in [0.25, 0.3) is 0 Å². The summed E-state index contributed by atoms with van der Waals surface area (Å²) >= 11 is 6.10. The molecule has 7 nitrogen and oxygen atoms in total. The van der Waals surface area contributed by atoms with E-state index in [1.54, 1.807) is 47.5 Å². The average molecular weight is 452 g/mol. The Labute approximate surface area is 190 Å². The predicted molar refractivity (Wildman–Crippen MR) is 122 cm³/mol. The first-order valence-corrected chi connectivity index (χ1v) is 10.5. The van der Waals surface area contributed by atoms with E-state index in [1.807, 2.05) is 24.3 Å². The Morgan fingerprint density at radius 1 is 1.19 bits per heavy atom. The van der Waals surface area contributed by atoms with Crippen molar-refractivity contribution in [2.24, 2.45) is 5.92 Å². The van der Waals surface area contributed by atoms with E-state index in [1.165, 1.54) is 7.11 Å². The van der Waals surface area contributed by atoms with Crippen LogP contribution in [-0.4, -0.2) is 30.5 Å². The molecule has 1 N–H and O–H groups in total. The monoisotopic (exact) mass is 451 g/mol. The van der Waals surface area contributed by atoms with Crippen molar-refractivity contribution in [3.8, 4) is 11.5 Å². The number of nitrogens with one attached hydrogen (secondary N) is 1. The topological polar surface area (TPSA) is 80.8 Å². The van der Waals surface area contributed by atoms with Crippen LogP contribution in [0.5, 0.6) is 11.5 Å². The Morgan fingerprint density at radius 3 is 2.84 bits per heavy atom. The lowest BCUT2D eigenvalue weighted by Gasteiger charge is -2.20. The molecule has 3 aromatic rings. The van der Waals surface area contributed by atoms with Crippen molar-refractivity contribution >= 4 is 34.8 Å². The third kappa shape index (κ3) is 5.00. The van der Waals surface area contributed by atoms with Gasteiger partial charge in [-0.05, 0) is 42.5 Å². The maximum atomic E-state index is 12.9. The van der Waals surface area contributed by atoms with Crippen molar-refractivity contribution in [2.75, 3.05) is 23.9 Å². The summed E-state index contributed by atoms with van der Waals surface area (Å²) in [5.41, 5.74) is 1.97. The Balaban J connectivity index is 1.40. The number of ether oxygens (including phenoxy) is 2. The quantitative estimate of drug-likeness (QED) is 0.578. The number of aromatic nitrogens is 1. The van der Waals surface area contributed by atoms with Gasteiger partial charge in [0.05, 0.1) is 24.4 Å². The Hall–Kier alpha value is -3.58. The number of nitrogens with zero attached hydrogens (tertiary/aromatic N) is 2. The van der Waals surface area contributed by atoms with Crippen molar-refractivity contribution < 1.29 is 19.1 Å². The summed E-state index contributed by atoms with van der Waals surface area (Å²) in [6.07, 6.45) is 1.82. The second kappa shape index (κ2) is 9.70. The highest BCUT2D eigenvalue weighted by Crippen LogP contribution is 2.35. The molecule has 4 rings (SSSR count). The average Bonchev–Trinajstić information content (AvgIpc) is 3.20. The van der Waals surface area contributed by atoms with Crippen LogP contribution in [0.15, 0.2) is 66.9 Å². The number of methoxy groups -OCH3 is 1. The van der Waals surface area contributed by atoms with E-state index in [-0.39, 0.29) is 24.8 Å². The van der Waals surface area contributed by atoms with Gasteiger partial charge in [-0.2, -0.15) is 0 Å². The van der Waals surface area contributed by atoms with E-state index in [4.69, 9.17) is 21.1 Å². The number of carbonyl (C=O) groups is 2. The van der Waals surface area contributed by atoms with Crippen molar-refractivity contribution in [1.82, 2.24) is 4.98 Å². The normalized spacial score (nSPS) is 15.5. The summed E-state index contributed by atoms with van der Waals surface area (Å²) in [6, 6.07) is 17.8. The molecule has 164 valence electrons. The van der Waals surface area contributed by atoms with Crippen LogP contribution in [-0.2, 0) is 16.2 Å². The first kappa shape index (κ1) is 21.6. The minimum absolute atomic E-state index is 0.109. The lowest BCUT2D eigenvalue weighted by Crippen LogP contribution is -2.28. The van der Waals surface area contributed by atoms with Gasteiger partial charge in [-0.3, -0.25) is 14.6 Å². The molecule has 2 aromatic carbocycles. The number of pyridine rings is 1. The van der Waals surface area contributed by atoms with Crippen molar-refractivity contribution in [1.29, 1.82) is 0 Å². The summed E-state index contributed by atoms with van der Waals surface area (Å²) in [5.74, 6) is 0.258. The second-order valence-corrected chi connectivity index (χ2v) is 7.78. The molecule has 0 bridgehead atoms. The molecule has 1 aliphatic rings. The van der Waals surface area contributed by atoms with Crippen molar-refractivity contribution in [2.45, 2.75) is 13.0 Å². The lowest BCUT2D eigenvalue weighted by molar-refractivity contribution is -0.122. The van der Waals surface area contributed by atoms with Gasteiger partial charge in [0.1, 0.15) is 18.1 Å². The van der Waals surface area contributed by atoms with Gasteiger partial charge >= 0.3 is 0 Å². The van der Waals surface area contributed by atoms with E-state index >= 15 is 0 Å². The van der Waals surface area contributed by atoms with Gasteiger partial charge in [0.2, 0.25) is 11.8 Å². The highest BCUT2D eigenvalue weighted by atomic mass is 35.5. The Morgan fingerprint density at radius 2 is 2.06 bits per heavy atom. The number of anilines is 2. The van der Waals surface area contributed by atoms with E-state index in [0.29, 0.717) is 34.5 Å². The van der Waals surface area contributed by atoms with Crippen LogP contribution < -0.4 is 19.7 Å². The van der Waals surface area contributed by atoms with E-state index in [0.717, 1.165) is 5.69 Å². The molecule has 2 amide bonds. The number of rotatable bonds is 7. The molecule has 1 saturated heterocycles. The third-order valence-electron chi connectivity index (χ3n) is 5.14. The minimum Gasteiger partial charge on any atom is -0.495 e. The summed E-state index contributed by atoms with van der Waals surface area (Å²) in [7, 11) is 1.53. The second-order valence-electron chi connectivity index (χ2n) is 7.35. The maximum Gasteiger partial charge on any atom is 0.229 e. The van der Waals surface area contributed by atoms with E-state index in [2.05, 4.69) is 10.3 Å². The zero-order chi connectivity index (χ0) is 22.5. The highest BCUT2D eigenvalue weighted by molar-refractivity contribution is 6.31. The van der Waals surface area contributed by atoms with Gasteiger partial charge in [0, 0.05) is 35.9 Å². The fourth-order valence-corrected chi connectivity index (χ4v) is 3.71. The van der Waals surface area contributed by atoms with Crippen molar-refractivity contribution in [3.05, 3.63) is 77.6 Å². The molecule has 1 aromatic heterocycles. The summed E-state index contributed by atoms with van der Waals surface area (Å²) in [4.78, 5) is 31.2. The fourth-order valence-electron chi connectivity index (χ4n) is 3.54. The van der Waals surface area contributed by atoms with Crippen molar-refractivity contribution in [3.63, 3.8) is 0 Å². The smallest absolute Gasteiger partial charge is 0.229 e. The summed E-state index contributed by atoms with van der Waals surface area (Å²) < 4.78 is 11.1. The van der Waals surface area contributed by atoms with Crippen LogP contribution in [0.4, 0.5) is 11.4 Å². The number of carbonyl (C=O) groups excluding carboxylic acids is 2. The number of benzene rings is 2. The largest absolute Gasteiger partial charge is 0.495 e. The van der Waals surface area contributed by atoms with Gasteiger partial charge in [0.25, 0.3) is 0 Å². The molecule has 8 heteroatoms. The zero-order valence-electron chi connectivity index (χ0n) is 17.5. The summed E-state index contributed by atoms with van der Waals surface area (Å²) in [5, 5.41) is 3.37. The highest BCUT2D eigenvalue weighted by Gasteiger charge is 2.36. The van der Waals surface area contributed by atoms with Gasteiger partial charge < -0.3 is 19.7 Å². The van der Waals surface area contributed by atoms with E-state index < -0.39 is 5.92 Å². The molecule has 32 heavy (non-hydrogen) atoms. The van der Waals surface area contributed by atoms with Crippen LogP contribution in [0, 0.1) is 5.92 Å². The fraction of sp³-hybridized carbons (Fsp3) is 0.208. The standard InChI is InChI=1S/C24H22ClN3O4/c1-31-22-9-8-17(25)12-21(22)28-14-16(11-23(28)29)24(30)27-18-6-4-7-20(13-18)32-15-19-5-2-3-10-26-19/h2-10,12-13,16H,11,14-15H2,1H3,(H,27,30). The molecule has 0 spiro atoms. The molecule has 1 aliphatic heterocycles. The van der Waals surface area contributed by atoms with Crippen LogP contribution in [0.1, 0.15) is 12.1 Å².